The van der Waals surface area contributed by atoms with E-state index >= 15 is 0 Å². The second-order valence-corrected chi connectivity index (χ2v) is 15.2. The molecule has 0 aromatic heterocycles. The molecule has 2 bridgehead atoms. The first-order valence-corrected chi connectivity index (χ1v) is 17.8. The van der Waals surface area contributed by atoms with Crippen LogP contribution in [0, 0.1) is 72.5 Å². The highest BCUT2D eigenvalue weighted by molar-refractivity contribution is 5.43. The number of hydrogen-bond acceptors (Lipinski definition) is 0. The molecule has 2 aromatic carbocycles. The lowest BCUT2D eigenvalue weighted by molar-refractivity contribution is 0.168. The highest BCUT2D eigenvalue weighted by Crippen LogP contribution is 2.54. The van der Waals surface area contributed by atoms with Crippen LogP contribution in [0.25, 0.3) is 0 Å². The van der Waals surface area contributed by atoms with E-state index in [-0.39, 0.29) is 11.3 Å². The molecular formula is C47H54. The average molecular weight is 619 g/mol. The van der Waals surface area contributed by atoms with E-state index in [1.54, 1.807) is 0 Å². The highest BCUT2D eigenvalue weighted by atomic mass is 14.5. The summed E-state index contributed by atoms with van der Waals surface area (Å²) in [4.78, 5) is 0. The summed E-state index contributed by atoms with van der Waals surface area (Å²) in [5, 5.41) is 0. The molecule has 2 aromatic rings. The van der Waals surface area contributed by atoms with Crippen molar-refractivity contribution in [3.8, 4) is 24.7 Å². The molecule has 1 fully saturated rings. The van der Waals surface area contributed by atoms with E-state index in [1.807, 2.05) is 0 Å². The largest absolute Gasteiger partial charge is 0.125 e. The van der Waals surface area contributed by atoms with Gasteiger partial charge in [0.15, 0.2) is 0 Å². The molecule has 6 unspecified atom stereocenters. The molecule has 0 heterocycles. The van der Waals surface area contributed by atoms with E-state index in [2.05, 4.69) is 126 Å². The Balaban J connectivity index is 1.57. The first-order chi connectivity index (χ1) is 22.6. The molecule has 0 amide bonds. The summed E-state index contributed by atoms with van der Waals surface area (Å²) in [5.41, 5.74) is 14.5. The standard InChI is InChI=1S/C47H54/c1-10-40-27-38(21-19-34(40)7)24-33(6)18-20-39-28-45-43(11-2)35(8)26-44(45)41-22-23-42(32(4)5)31-47(12-3,46(29-39)36(9)25-41)30-37-16-14-13-15-17-37/h1,3,13-17,19,21,26-27,29,36,41-42,44-46H,2,4,6,18,20,22-25,28,30-31H2,5,7-9H3/b39-29-/t36?,41?,42?,44?,45?,46?,47-/m0/s1. The van der Waals surface area contributed by atoms with Crippen molar-refractivity contribution in [2.24, 2.45) is 40.9 Å². The van der Waals surface area contributed by atoms with Crippen LogP contribution < -0.4 is 0 Å². The fourth-order valence-electron chi connectivity index (χ4n) is 9.22. The predicted molar refractivity (Wildman–Crippen MR) is 202 cm³/mol. The van der Waals surface area contributed by atoms with Crippen molar-refractivity contribution in [1.82, 2.24) is 0 Å². The van der Waals surface area contributed by atoms with Crippen LogP contribution in [0.2, 0.25) is 0 Å². The minimum absolute atomic E-state index is 0.272. The second-order valence-electron chi connectivity index (χ2n) is 15.2. The predicted octanol–water partition coefficient (Wildman–Crippen LogP) is 11.6. The topological polar surface area (TPSA) is 0 Å². The van der Waals surface area contributed by atoms with Gasteiger partial charge in [0.25, 0.3) is 0 Å². The summed E-state index contributed by atoms with van der Waals surface area (Å²) < 4.78 is 0. The average Bonchev–Trinajstić information content (AvgIpc) is 3.41. The molecule has 47 heavy (non-hydrogen) atoms. The lowest BCUT2D eigenvalue weighted by Crippen LogP contribution is -2.37. The van der Waals surface area contributed by atoms with Crippen LogP contribution in [0.15, 0.2) is 114 Å². The van der Waals surface area contributed by atoms with Crippen LogP contribution in [0.4, 0.5) is 0 Å². The molecule has 5 rings (SSSR count). The van der Waals surface area contributed by atoms with E-state index in [0.717, 1.165) is 56.1 Å². The van der Waals surface area contributed by atoms with Gasteiger partial charge in [-0.3, -0.25) is 0 Å². The first kappa shape index (κ1) is 34.4. The number of benzene rings is 2. The van der Waals surface area contributed by atoms with Crippen LogP contribution in [0.1, 0.15) is 88.0 Å². The molecule has 0 radical (unpaired) electrons. The van der Waals surface area contributed by atoms with Gasteiger partial charge in [-0.15, -0.1) is 18.6 Å². The monoisotopic (exact) mass is 618 g/mol. The molecule has 7 atom stereocenters. The van der Waals surface area contributed by atoms with Crippen molar-refractivity contribution in [3.05, 3.63) is 136 Å². The molecule has 0 nitrogen and oxygen atoms in total. The fourth-order valence-corrected chi connectivity index (χ4v) is 9.22. The second kappa shape index (κ2) is 14.9. The normalized spacial score (nSPS) is 29.9. The summed E-state index contributed by atoms with van der Waals surface area (Å²) in [7, 11) is 0. The molecule has 0 aliphatic heterocycles. The smallest absolute Gasteiger partial charge is 0.0423 e. The van der Waals surface area contributed by atoms with Crippen molar-refractivity contribution < 1.29 is 0 Å². The van der Waals surface area contributed by atoms with Gasteiger partial charge in [0.2, 0.25) is 0 Å². The Kier molecular flexibility index (Phi) is 10.9. The highest BCUT2D eigenvalue weighted by Gasteiger charge is 2.46. The van der Waals surface area contributed by atoms with Gasteiger partial charge in [-0.25, -0.2) is 0 Å². The van der Waals surface area contributed by atoms with Crippen molar-refractivity contribution in [2.75, 3.05) is 0 Å². The zero-order valence-corrected chi connectivity index (χ0v) is 29.4. The minimum atomic E-state index is -0.294. The number of fused-ring (bicyclic) bond motifs is 5. The molecule has 0 saturated heterocycles. The van der Waals surface area contributed by atoms with E-state index < -0.39 is 0 Å². The van der Waals surface area contributed by atoms with Gasteiger partial charge < -0.3 is 0 Å². The van der Waals surface area contributed by atoms with Gasteiger partial charge in [-0.2, -0.15) is 0 Å². The van der Waals surface area contributed by atoms with Gasteiger partial charge >= 0.3 is 0 Å². The number of aryl methyl sites for hydroxylation is 1. The summed E-state index contributed by atoms with van der Waals surface area (Å²) in [6.07, 6.45) is 27.0. The third-order valence-corrected chi connectivity index (χ3v) is 11.8. The van der Waals surface area contributed by atoms with Crippen molar-refractivity contribution in [1.29, 1.82) is 0 Å². The van der Waals surface area contributed by atoms with Gasteiger partial charge in [-0.1, -0.05) is 110 Å². The Morgan fingerprint density at radius 3 is 2.45 bits per heavy atom. The van der Waals surface area contributed by atoms with Crippen LogP contribution in [0.3, 0.4) is 0 Å². The Hall–Kier alpha value is -3.96. The molecular weight excluding hydrogens is 565 g/mol. The van der Waals surface area contributed by atoms with Crippen molar-refractivity contribution in [2.45, 2.75) is 85.5 Å². The van der Waals surface area contributed by atoms with Gasteiger partial charge in [0.05, 0.1) is 0 Å². The molecule has 3 aliphatic carbocycles. The summed E-state index contributed by atoms with van der Waals surface area (Å²) in [6.45, 7) is 22.3. The number of rotatable bonds is 8. The fraction of sp³-hybridized carbons (Fsp3) is 0.426. The van der Waals surface area contributed by atoms with Crippen LogP contribution in [-0.2, 0) is 12.8 Å². The molecule has 0 heteroatoms. The van der Waals surface area contributed by atoms with Crippen molar-refractivity contribution in [3.63, 3.8) is 0 Å². The van der Waals surface area contributed by atoms with E-state index in [1.165, 1.54) is 51.8 Å². The first-order valence-electron chi connectivity index (χ1n) is 17.8. The summed E-state index contributed by atoms with van der Waals surface area (Å²) >= 11 is 0. The Labute approximate surface area is 286 Å². The third kappa shape index (κ3) is 7.62. The quantitative estimate of drug-likeness (QED) is 0.157. The lowest BCUT2D eigenvalue weighted by Gasteiger charge is -2.41. The van der Waals surface area contributed by atoms with Gasteiger partial charge in [0.1, 0.15) is 0 Å². The number of allylic oxidation sites excluding steroid dienone is 7. The summed E-state index contributed by atoms with van der Waals surface area (Å²) in [5.74, 6) is 9.01. The molecule has 0 N–H and O–H groups in total. The molecule has 0 spiro atoms. The van der Waals surface area contributed by atoms with Crippen molar-refractivity contribution >= 4 is 0 Å². The van der Waals surface area contributed by atoms with E-state index in [9.17, 15) is 0 Å². The third-order valence-electron chi connectivity index (χ3n) is 11.8. The summed E-state index contributed by atoms with van der Waals surface area (Å²) in [6, 6.07) is 17.4. The maximum atomic E-state index is 6.77. The Morgan fingerprint density at radius 2 is 1.77 bits per heavy atom. The van der Waals surface area contributed by atoms with E-state index in [0.29, 0.717) is 29.6 Å². The molecule has 3 aliphatic rings. The lowest BCUT2D eigenvalue weighted by atomic mass is 9.61. The van der Waals surface area contributed by atoms with Crippen LogP contribution in [-0.4, -0.2) is 0 Å². The number of terminal acetylenes is 2. The van der Waals surface area contributed by atoms with Gasteiger partial charge in [0, 0.05) is 16.9 Å². The Morgan fingerprint density at radius 1 is 1.00 bits per heavy atom. The molecule has 242 valence electrons. The zero-order chi connectivity index (χ0) is 33.7. The number of hydrogen-bond donors (Lipinski definition) is 0. The van der Waals surface area contributed by atoms with Crippen LogP contribution in [0.5, 0.6) is 0 Å². The Bertz CT molecular complexity index is 1690. The maximum Gasteiger partial charge on any atom is 0.0423 e. The van der Waals surface area contributed by atoms with E-state index in [4.69, 9.17) is 12.8 Å². The van der Waals surface area contributed by atoms with Crippen LogP contribution >= 0.6 is 0 Å². The maximum absolute atomic E-state index is 6.77. The zero-order valence-electron chi connectivity index (χ0n) is 29.4. The molecule has 1 saturated carbocycles. The minimum Gasteiger partial charge on any atom is -0.125 e. The van der Waals surface area contributed by atoms with Gasteiger partial charge in [-0.05, 0) is 142 Å². The SMILES string of the molecule is C#Cc1cc(CC(=C)CC/C2=C/C3C(C)CC(CCC(C(=C)C)C[C@]3(C#C)Cc3ccccc3)C3C=C(C)C(=C=C)C3C2)ccc1C.